The Hall–Kier alpha value is -1.49. The van der Waals surface area contributed by atoms with Gasteiger partial charge in [-0.1, -0.05) is 41.9 Å². The van der Waals surface area contributed by atoms with Crippen LogP contribution in [0.4, 0.5) is 0 Å². The molecular weight excluding hydrogens is 424 g/mol. The minimum absolute atomic E-state index is 0.0543. The number of rotatable bonds is 13. The first-order valence-corrected chi connectivity index (χ1v) is 13.0. The van der Waals surface area contributed by atoms with Gasteiger partial charge in [0, 0.05) is 12.0 Å². The van der Waals surface area contributed by atoms with Crippen molar-refractivity contribution in [1.29, 1.82) is 0 Å². The van der Waals surface area contributed by atoms with Crippen molar-refractivity contribution < 1.29 is 20.1 Å². The summed E-state index contributed by atoms with van der Waals surface area (Å²) in [6, 6.07) is 0. The second-order valence-corrected chi connectivity index (χ2v) is 11.0. The van der Waals surface area contributed by atoms with Gasteiger partial charge in [0.1, 0.15) is 6.29 Å². The minimum atomic E-state index is -0.856. The molecular formula is C30H50O4. The van der Waals surface area contributed by atoms with Crippen molar-refractivity contribution in [1.82, 2.24) is 0 Å². The summed E-state index contributed by atoms with van der Waals surface area (Å²) in [7, 11) is 0. The van der Waals surface area contributed by atoms with Crippen molar-refractivity contribution in [3.8, 4) is 0 Å². The van der Waals surface area contributed by atoms with E-state index >= 15 is 0 Å². The third-order valence-electron chi connectivity index (χ3n) is 8.07. The second-order valence-electron chi connectivity index (χ2n) is 11.0. The molecule has 3 N–H and O–H groups in total. The van der Waals surface area contributed by atoms with E-state index in [1.165, 1.54) is 11.1 Å². The number of aliphatic hydroxyl groups excluding tert-OH is 2. The van der Waals surface area contributed by atoms with Crippen LogP contribution in [0.15, 0.2) is 46.1 Å². The molecule has 34 heavy (non-hydrogen) atoms. The lowest BCUT2D eigenvalue weighted by Gasteiger charge is -2.53. The van der Waals surface area contributed by atoms with Crippen LogP contribution in [-0.4, -0.2) is 39.9 Å². The van der Waals surface area contributed by atoms with Crippen LogP contribution >= 0.6 is 0 Å². The van der Waals surface area contributed by atoms with E-state index in [9.17, 15) is 20.1 Å². The number of allylic oxidation sites excluding steroid dienone is 6. The van der Waals surface area contributed by atoms with E-state index in [0.29, 0.717) is 19.3 Å². The summed E-state index contributed by atoms with van der Waals surface area (Å²) in [6.45, 7) is 14.3. The van der Waals surface area contributed by atoms with E-state index in [4.69, 9.17) is 0 Å². The molecule has 1 aliphatic carbocycles. The highest BCUT2D eigenvalue weighted by atomic mass is 16.3. The SMILES string of the molecule is CC(C)=CCCC(C)=CC[C@@H](O)C(C)=CCC[C@@]1(C)[C@H](CCCO)C(=C(C)C=O)CC[C@]1(C)O. The van der Waals surface area contributed by atoms with Crippen molar-refractivity contribution in [3.63, 3.8) is 0 Å². The van der Waals surface area contributed by atoms with Crippen molar-refractivity contribution in [2.75, 3.05) is 6.61 Å². The Morgan fingerprint density at radius 2 is 1.76 bits per heavy atom. The smallest absolute Gasteiger partial charge is 0.145 e. The Labute approximate surface area is 208 Å². The summed E-state index contributed by atoms with van der Waals surface area (Å²) in [4.78, 5) is 11.6. The molecule has 0 amide bonds. The first-order chi connectivity index (χ1) is 15.9. The second kappa shape index (κ2) is 14.2. The zero-order valence-corrected chi connectivity index (χ0v) is 22.8. The van der Waals surface area contributed by atoms with Gasteiger partial charge in [0.05, 0.1) is 11.7 Å². The van der Waals surface area contributed by atoms with Crippen molar-refractivity contribution in [2.45, 2.75) is 118 Å². The van der Waals surface area contributed by atoms with Crippen LogP contribution in [0.1, 0.15) is 106 Å². The fraction of sp³-hybridized carbons (Fsp3) is 0.700. The van der Waals surface area contributed by atoms with Crippen LogP contribution in [0, 0.1) is 11.3 Å². The van der Waals surface area contributed by atoms with Crippen molar-refractivity contribution in [3.05, 3.63) is 46.1 Å². The number of hydrogen-bond acceptors (Lipinski definition) is 4. The van der Waals surface area contributed by atoms with Crippen LogP contribution in [0.3, 0.4) is 0 Å². The van der Waals surface area contributed by atoms with Crippen molar-refractivity contribution >= 4 is 6.29 Å². The van der Waals surface area contributed by atoms with Gasteiger partial charge >= 0.3 is 0 Å². The predicted molar refractivity (Wildman–Crippen MR) is 143 cm³/mol. The van der Waals surface area contributed by atoms with E-state index < -0.39 is 17.1 Å². The molecule has 1 rings (SSSR count). The average molecular weight is 475 g/mol. The van der Waals surface area contributed by atoms with Gasteiger partial charge in [0.25, 0.3) is 0 Å². The minimum Gasteiger partial charge on any atom is -0.396 e. The fourth-order valence-electron chi connectivity index (χ4n) is 5.30. The van der Waals surface area contributed by atoms with E-state index in [0.717, 1.165) is 61.5 Å². The summed E-state index contributed by atoms with van der Waals surface area (Å²) >= 11 is 0. The van der Waals surface area contributed by atoms with E-state index in [1.807, 2.05) is 20.8 Å². The molecule has 1 aliphatic rings. The predicted octanol–water partition coefficient (Wildman–Crippen LogP) is 6.61. The van der Waals surface area contributed by atoms with Gasteiger partial charge in [-0.15, -0.1) is 0 Å². The van der Waals surface area contributed by atoms with Crippen LogP contribution in [0.25, 0.3) is 0 Å². The molecule has 0 unspecified atom stereocenters. The summed E-state index contributed by atoms with van der Waals surface area (Å²) < 4.78 is 0. The van der Waals surface area contributed by atoms with Gasteiger partial charge in [-0.05, 0) is 116 Å². The Bertz CT molecular complexity index is 780. The monoisotopic (exact) mass is 474 g/mol. The number of aliphatic hydroxyl groups is 3. The molecule has 4 atom stereocenters. The zero-order valence-electron chi connectivity index (χ0n) is 22.8. The van der Waals surface area contributed by atoms with E-state index in [1.54, 1.807) is 0 Å². The van der Waals surface area contributed by atoms with Crippen LogP contribution in [0.5, 0.6) is 0 Å². The van der Waals surface area contributed by atoms with Gasteiger partial charge < -0.3 is 15.3 Å². The molecule has 194 valence electrons. The molecule has 4 heteroatoms. The van der Waals surface area contributed by atoms with Gasteiger partial charge in [0.15, 0.2) is 0 Å². The number of carbonyl (C=O) groups excluding carboxylic acids is 1. The number of carbonyl (C=O) groups is 1. The Morgan fingerprint density at radius 1 is 1.09 bits per heavy atom. The summed E-state index contributed by atoms with van der Waals surface area (Å²) in [6.07, 6.45) is 13.8. The highest BCUT2D eigenvalue weighted by Crippen LogP contribution is 2.55. The standard InChI is InChI=1S/C30H50O4/c1-22(2)11-8-12-23(3)15-16-28(33)24(4)13-9-18-29(6)27(14-10-20-31)26(25(5)21-32)17-19-30(29,7)34/h11,13,15,21,27-28,31,33-34H,8-10,12,14,16-20H2,1-7H3/t27-,28-,29+,30+/m1/s1. The highest BCUT2D eigenvalue weighted by Gasteiger charge is 2.52. The molecule has 4 nitrogen and oxygen atoms in total. The number of aldehydes is 1. The molecule has 0 aromatic heterocycles. The van der Waals surface area contributed by atoms with Gasteiger partial charge in [-0.2, -0.15) is 0 Å². The molecule has 0 bridgehead atoms. The molecule has 0 aliphatic heterocycles. The third-order valence-corrected chi connectivity index (χ3v) is 8.07. The highest BCUT2D eigenvalue weighted by molar-refractivity contribution is 5.74. The lowest BCUT2D eigenvalue weighted by Crippen LogP contribution is -2.52. The van der Waals surface area contributed by atoms with E-state index in [2.05, 4.69) is 45.9 Å². The summed E-state index contributed by atoms with van der Waals surface area (Å²) in [5.74, 6) is 0.0543. The van der Waals surface area contributed by atoms with Gasteiger partial charge in [0.2, 0.25) is 0 Å². The summed E-state index contributed by atoms with van der Waals surface area (Å²) in [5, 5.41) is 31.5. The largest absolute Gasteiger partial charge is 0.396 e. The quantitative estimate of drug-likeness (QED) is 0.159. The molecule has 1 fully saturated rings. The fourth-order valence-corrected chi connectivity index (χ4v) is 5.30. The maximum Gasteiger partial charge on any atom is 0.145 e. The van der Waals surface area contributed by atoms with Gasteiger partial charge in [-0.3, -0.25) is 4.79 Å². The van der Waals surface area contributed by atoms with Crippen LogP contribution in [-0.2, 0) is 4.79 Å². The molecule has 0 aromatic carbocycles. The topological polar surface area (TPSA) is 77.8 Å². The van der Waals surface area contributed by atoms with Crippen LogP contribution in [0.2, 0.25) is 0 Å². The lowest BCUT2D eigenvalue weighted by molar-refractivity contribution is -0.115. The van der Waals surface area contributed by atoms with Crippen molar-refractivity contribution in [2.24, 2.45) is 11.3 Å². The molecule has 0 spiro atoms. The van der Waals surface area contributed by atoms with Gasteiger partial charge in [-0.25, -0.2) is 0 Å². The molecule has 0 aromatic rings. The Morgan fingerprint density at radius 3 is 2.35 bits per heavy atom. The normalized spacial score (nSPS) is 28.5. The molecule has 0 radical (unpaired) electrons. The lowest BCUT2D eigenvalue weighted by atomic mass is 9.54. The summed E-state index contributed by atoms with van der Waals surface area (Å²) in [5.41, 5.74) is 4.21. The third kappa shape index (κ3) is 8.62. The first kappa shape index (κ1) is 30.5. The molecule has 0 saturated heterocycles. The zero-order chi connectivity index (χ0) is 25.9. The van der Waals surface area contributed by atoms with E-state index in [-0.39, 0.29) is 12.5 Å². The Balaban J connectivity index is 2.92. The molecule has 0 heterocycles. The van der Waals surface area contributed by atoms with Crippen LogP contribution < -0.4 is 0 Å². The maximum absolute atomic E-state index is 11.6. The number of hydrogen-bond donors (Lipinski definition) is 3. The molecule has 1 saturated carbocycles. The maximum atomic E-state index is 11.6. The average Bonchev–Trinajstić information content (AvgIpc) is 2.77. The Kier molecular flexibility index (Phi) is 12.7. The first-order valence-electron chi connectivity index (χ1n) is 13.0.